The molecule has 4 heteroatoms. The van der Waals surface area contributed by atoms with Gasteiger partial charge in [0, 0.05) is 6.26 Å². The van der Waals surface area contributed by atoms with Crippen molar-refractivity contribution in [3.05, 3.63) is 6.26 Å². The van der Waals surface area contributed by atoms with Crippen molar-refractivity contribution in [1.82, 2.24) is 3.71 Å². The number of hydrogen-bond donors (Lipinski definition) is 0. The molecule has 0 aromatic rings. The Labute approximate surface area is 58.0 Å². The second kappa shape index (κ2) is 2.75. The summed E-state index contributed by atoms with van der Waals surface area (Å²) in [5.41, 5.74) is 0. The van der Waals surface area contributed by atoms with Crippen LogP contribution in [0.5, 0.6) is 0 Å². The maximum absolute atomic E-state index is 4.13. The molecule has 0 bridgehead atoms. The van der Waals surface area contributed by atoms with Gasteiger partial charge in [-0.2, -0.15) is 3.71 Å². The standard InChI is InChI=1S/C4H7N2S2/c1-4-5-3-6(7-2)8-4/h2-3H2,1H3. The Balaban J connectivity index is 2.32. The lowest BCUT2D eigenvalue weighted by Crippen LogP contribution is -1.97. The van der Waals surface area contributed by atoms with E-state index in [1.807, 2.05) is 10.6 Å². The third-order valence-corrected chi connectivity index (χ3v) is 2.44. The van der Waals surface area contributed by atoms with Gasteiger partial charge in [-0.15, -0.1) is 0 Å². The minimum atomic E-state index is 0.782. The molecule has 1 rings (SSSR count). The average molecular weight is 147 g/mol. The highest BCUT2D eigenvalue weighted by molar-refractivity contribution is 8.21. The largest absolute Gasteiger partial charge is 0.264 e. The van der Waals surface area contributed by atoms with Gasteiger partial charge in [-0.3, -0.25) is 4.99 Å². The molecule has 0 aromatic carbocycles. The van der Waals surface area contributed by atoms with Crippen LogP contribution in [0.3, 0.4) is 0 Å². The van der Waals surface area contributed by atoms with Crippen LogP contribution in [0.15, 0.2) is 4.99 Å². The van der Waals surface area contributed by atoms with Crippen molar-refractivity contribution >= 4 is 28.9 Å². The van der Waals surface area contributed by atoms with E-state index < -0.39 is 0 Å². The number of aliphatic imine (C=N–C) groups is 1. The zero-order valence-corrected chi connectivity index (χ0v) is 6.26. The quantitative estimate of drug-likeness (QED) is 0.526. The fraction of sp³-hybridized carbons (Fsp3) is 0.500. The van der Waals surface area contributed by atoms with Crippen LogP contribution in [0.25, 0.3) is 0 Å². The average Bonchev–Trinajstić information content (AvgIpc) is 2.14. The Morgan fingerprint density at radius 2 is 2.75 bits per heavy atom. The fourth-order valence-electron chi connectivity index (χ4n) is 0.430. The smallest absolute Gasteiger partial charge is 0.112 e. The first kappa shape index (κ1) is 6.45. The molecule has 0 saturated heterocycles. The minimum Gasteiger partial charge on any atom is -0.264 e. The lowest BCUT2D eigenvalue weighted by atomic mass is 10.9. The third-order valence-electron chi connectivity index (χ3n) is 0.787. The van der Waals surface area contributed by atoms with Gasteiger partial charge in [-0.05, 0) is 18.9 Å². The van der Waals surface area contributed by atoms with Gasteiger partial charge in [-0.1, -0.05) is 11.9 Å². The zero-order valence-electron chi connectivity index (χ0n) is 4.63. The Morgan fingerprint density at radius 3 is 3.00 bits per heavy atom. The molecule has 1 heterocycles. The van der Waals surface area contributed by atoms with Crippen molar-refractivity contribution in [2.75, 3.05) is 6.67 Å². The molecule has 0 aromatic heterocycles. The van der Waals surface area contributed by atoms with Crippen molar-refractivity contribution in [1.29, 1.82) is 0 Å². The number of rotatable bonds is 1. The van der Waals surface area contributed by atoms with E-state index in [1.165, 1.54) is 11.9 Å². The highest BCUT2D eigenvalue weighted by atomic mass is 32.2. The van der Waals surface area contributed by atoms with Crippen LogP contribution in [-0.2, 0) is 0 Å². The number of hydrogen-bond acceptors (Lipinski definition) is 4. The van der Waals surface area contributed by atoms with Crippen LogP contribution in [-0.4, -0.2) is 15.4 Å². The Bertz CT molecular complexity index is 113. The Morgan fingerprint density at radius 1 is 2.00 bits per heavy atom. The van der Waals surface area contributed by atoms with Gasteiger partial charge in [0.05, 0.1) is 5.04 Å². The summed E-state index contributed by atoms with van der Waals surface area (Å²) < 4.78 is 2.02. The third kappa shape index (κ3) is 1.40. The zero-order chi connectivity index (χ0) is 5.98. The molecule has 0 fully saturated rings. The summed E-state index contributed by atoms with van der Waals surface area (Å²) in [5.74, 6) is 0. The lowest BCUT2D eigenvalue weighted by Gasteiger charge is -2.04. The van der Waals surface area contributed by atoms with E-state index in [4.69, 9.17) is 0 Å². The van der Waals surface area contributed by atoms with Crippen molar-refractivity contribution in [2.45, 2.75) is 6.92 Å². The molecule has 2 nitrogen and oxygen atoms in total. The van der Waals surface area contributed by atoms with E-state index >= 15 is 0 Å². The van der Waals surface area contributed by atoms with Gasteiger partial charge in [0.1, 0.15) is 6.67 Å². The highest BCUT2D eigenvalue weighted by Gasteiger charge is 2.10. The van der Waals surface area contributed by atoms with Crippen LogP contribution < -0.4 is 0 Å². The molecule has 0 N–H and O–H groups in total. The van der Waals surface area contributed by atoms with Crippen molar-refractivity contribution in [3.8, 4) is 0 Å². The van der Waals surface area contributed by atoms with Crippen molar-refractivity contribution < 1.29 is 0 Å². The first-order chi connectivity index (χ1) is 3.83. The normalized spacial score (nSPS) is 21.5. The molecule has 0 aliphatic carbocycles. The summed E-state index contributed by atoms with van der Waals surface area (Å²) in [5, 5.41) is 1.13. The monoisotopic (exact) mass is 147 g/mol. The van der Waals surface area contributed by atoms with Gasteiger partial charge in [0.15, 0.2) is 0 Å². The fourth-order valence-corrected chi connectivity index (χ4v) is 1.63. The first-order valence-corrected chi connectivity index (χ1v) is 3.93. The Hall–Kier alpha value is 0.330. The van der Waals surface area contributed by atoms with E-state index in [2.05, 4.69) is 11.2 Å². The lowest BCUT2D eigenvalue weighted by molar-refractivity contribution is 0.789. The molecular weight excluding hydrogens is 140 g/mol. The van der Waals surface area contributed by atoms with Crippen LogP contribution in [0.4, 0.5) is 0 Å². The van der Waals surface area contributed by atoms with E-state index in [0.717, 1.165) is 11.7 Å². The maximum Gasteiger partial charge on any atom is 0.112 e. The predicted octanol–water partition coefficient (Wildman–Crippen LogP) is 1.77. The molecule has 0 unspecified atom stereocenters. The number of nitrogens with zero attached hydrogens (tertiary/aromatic N) is 2. The van der Waals surface area contributed by atoms with E-state index in [1.54, 1.807) is 11.9 Å². The summed E-state index contributed by atoms with van der Waals surface area (Å²) in [6, 6.07) is 0. The van der Waals surface area contributed by atoms with E-state index in [-0.39, 0.29) is 0 Å². The summed E-state index contributed by atoms with van der Waals surface area (Å²) >= 11 is 3.12. The molecule has 8 heavy (non-hydrogen) atoms. The molecule has 0 saturated carbocycles. The van der Waals surface area contributed by atoms with Gasteiger partial charge >= 0.3 is 0 Å². The second-order valence-electron chi connectivity index (χ2n) is 1.37. The SMILES string of the molecule is [CH2]SN1CN=C(C)S1. The van der Waals surface area contributed by atoms with Crippen molar-refractivity contribution in [2.24, 2.45) is 4.99 Å². The molecule has 0 atom stereocenters. The van der Waals surface area contributed by atoms with Gasteiger partial charge in [-0.25, -0.2) is 0 Å². The molecule has 45 valence electrons. The Kier molecular flexibility index (Phi) is 2.22. The summed E-state index contributed by atoms with van der Waals surface area (Å²) in [4.78, 5) is 4.13. The van der Waals surface area contributed by atoms with Gasteiger partial charge in [0.2, 0.25) is 0 Å². The predicted molar refractivity (Wildman–Crippen MR) is 40.4 cm³/mol. The van der Waals surface area contributed by atoms with Crippen molar-refractivity contribution in [3.63, 3.8) is 0 Å². The van der Waals surface area contributed by atoms with Crippen LogP contribution in [0, 0.1) is 6.26 Å². The second-order valence-corrected chi connectivity index (χ2v) is 3.52. The minimum absolute atomic E-state index is 0.782. The molecular formula is C4H7N2S2. The van der Waals surface area contributed by atoms with E-state index in [0.29, 0.717) is 0 Å². The van der Waals surface area contributed by atoms with Gasteiger partial charge < -0.3 is 0 Å². The topological polar surface area (TPSA) is 15.6 Å². The van der Waals surface area contributed by atoms with Crippen LogP contribution >= 0.6 is 23.9 Å². The molecule has 1 radical (unpaired) electrons. The maximum atomic E-state index is 4.13. The molecule has 1 aliphatic heterocycles. The molecule has 0 amide bonds. The van der Waals surface area contributed by atoms with Gasteiger partial charge in [0.25, 0.3) is 0 Å². The molecule has 0 spiro atoms. The first-order valence-electron chi connectivity index (χ1n) is 2.21. The summed E-state index contributed by atoms with van der Waals surface area (Å²) in [6.07, 6.45) is 3.65. The summed E-state index contributed by atoms with van der Waals surface area (Å²) in [6.45, 7) is 2.78. The van der Waals surface area contributed by atoms with E-state index in [9.17, 15) is 0 Å². The summed E-state index contributed by atoms with van der Waals surface area (Å²) in [7, 11) is 0. The van der Waals surface area contributed by atoms with Crippen LogP contribution in [0.1, 0.15) is 6.92 Å². The molecule has 1 aliphatic rings. The highest BCUT2D eigenvalue weighted by Crippen LogP contribution is 2.26. The van der Waals surface area contributed by atoms with Crippen LogP contribution in [0.2, 0.25) is 0 Å².